The first-order chi connectivity index (χ1) is 7.15. The predicted octanol–water partition coefficient (Wildman–Crippen LogP) is 0.149. The molecule has 0 aromatic heterocycles. The molecule has 0 radical (unpaired) electrons. The Bertz CT molecular complexity index is 208. The summed E-state index contributed by atoms with van der Waals surface area (Å²) in [4.78, 5) is 16.0. The molecule has 0 saturated carbocycles. The van der Waals surface area contributed by atoms with Crippen LogP contribution in [0.4, 0.5) is 0 Å². The van der Waals surface area contributed by atoms with E-state index < -0.39 is 0 Å². The number of likely N-dealkylation sites (N-methyl/N-ethyl adjacent to an activating group) is 3. The van der Waals surface area contributed by atoms with Gasteiger partial charge in [0.2, 0.25) is 5.91 Å². The molecular formula is C11H23N3O. The van der Waals surface area contributed by atoms with E-state index in [4.69, 9.17) is 0 Å². The van der Waals surface area contributed by atoms with E-state index in [1.807, 2.05) is 18.9 Å². The first kappa shape index (κ1) is 12.5. The fourth-order valence-electron chi connectivity index (χ4n) is 2.02. The highest BCUT2D eigenvalue weighted by Gasteiger charge is 2.23. The van der Waals surface area contributed by atoms with Crippen LogP contribution in [-0.2, 0) is 4.79 Å². The number of carbonyl (C=O) groups is 1. The Morgan fingerprint density at radius 1 is 1.60 bits per heavy atom. The Morgan fingerprint density at radius 3 is 2.93 bits per heavy atom. The Morgan fingerprint density at radius 2 is 2.33 bits per heavy atom. The summed E-state index contributed by atoms with van der Waals surface area (Å²) < 4.78 is 0. The highest BCUT2D eigenvalue weighted by molar-refractivity contribution is 5.78. The zero-order chi connectivity index (χ0) is 11.3. The van der Waals surface area contributed by atoms with Crippen LogP contribution >= 0.6 is 0 Å². The molecule has 1 aliphatic rings. The number of carbonyl (C=O) groups excluding carboxylic acids is 1. The number of nitrogens with one attached hydrogen (secondary N) is 1. The van der Waals surface area contributed by atoms with Crippen molar-refractivity contribution in [3.63, 3.8) is 0 Å². The van der Waals surface area contributed by atoms with Crippen molar-refractivity contribution in [2.24, 2.45) is 0 Å². The van der Waals surface area contributed by atoms with E-state index in [0.29, 0.717) is 12.6 Å². The zero-order valence-corrected chi connectivity index (χ0v) is 10.1. The summed E-state index contributed by atoms with van der Waals surface area (Å²) >= 11 is 0. The lowest BCUT2D eigenvalue weighted by atomic mass is 10.1. The largest absolute Gasteiger partial charge is 0.340 e. The van der Waals surface area contributed by atoms with Gasteiger partial charge in [-0.25, -0.2) is 0 Å². The summed E-state index contributed by atoms with van der Waals surface area (Å²) in [6.45, 7) is 5.50. The van der Waals surface area contributed by atoms with Gasteiger partial charge in [0.05, 0.1) is 6.54 Å². The molecule has 1 aliphatic heterocycles. The average molecular weight is 213 g/mol. The second-order valence-electron chi connectivity index (χ2n) is 4.34. The molecule has 15 heavy (non-hydrogen) atoms. The fourth-order valence-corrected chi connectivity index (χ4v) is 2.02. The smallest absolute Gasteiger partial charge is 0.236 e. The number of piperidine rings is 1. The van der Waals surface area contributed by atoms with E-state index in [2.05, 4.69) is 17.3 Å². The van der Waals surface area contributed by atoms with Crippen molar-refractivity contribution in [3.8, 4) is 0 Å². The standard InChI is InChI=1S/C11H23N3O/c1-4-12-8-11(15)14(3)10-6-5-7-13(2)9-10/h10,12H,4-9H2,1-3H3. The number of hydrogen-bond donors (Lipinski definition) is 1. The molecule has 0 bridgehead atoms. The molecule has 0 aliphatic carbocycles. The van der Waals surface area contributed by atoms with E-state index in [-0.39, 0.29) is 5.91 Å². The first-order valence-corrected chi connectivity index (χ1v) is 5.80. The lowest BCUT2D eigenvalue weighted by Gasteiger charge is -2.35. The molecular weight excluding hydrogens is 190 g/mol. The zero-order valence-electron chi connectivity index (χ0n) is 10.1. The first-order valence-electron chi connectivity index (χ1n) is 5.80. The Kier molecular flexibility index (Phi) is 5.05. The summed E-state index contributed by atoms with van der Waals surface area (Å²) in [5.74, 6) is 0.206. The van der Waals surface area contributed by atoms with Crippen molar-refractivity contribution in [2.45, 2.75) is 25.8 Å². The highest BCUT2D eigenvalue weighted by atomic mass is 16.2. The van der Waals surface area contributed by atoms with Gasteiger partial charge in [-0.05, 0) is 33.0 Å². The molecule has 4 heteroatoms. The van der Waals surface area contributed by atoms with E-state index in [1.54, 1.807) is 0 Å². The molecule has 1 unspecified atom stereocenters. The third kappa shape index (κ3) is 3.80. The molecule has 0 aromatic carbocycles. The quantitative estimate of drug-likeness (QED) is 0.722. The number of hydrogen-bond acceptors (Lipinski definition) is 3. The highest BCUT2D eigenvalue weighted by Crippen LogP contribution is 2.13. The van der Waals surface area contributed by atoms with Gasteiger partial charge >= 0.3 is 0 Å². The van der Waals surface area contributed by atoms with Crippen LogP contribution in [0.25, 0.3) is 0 Å². The van der Waals surface area contributed by atoms with E-state index in [0.717, 1.165) is 26.1 Å². The van der Waals surface area contributed by atoms with Crippen molar-refractivity contribution >= 4 is 5.91 Å². The lowest BCUT2D eigenvalue weighted by molar-refractivity contribution is -0.131. The van der Waals surface area contributed by atoms with Crippen LogP contribution in [0.1, 0.15) is 19.8 Å². The molecule has 1 rings (SSSR count). The second kappa shape index (κ2) is 6.08. The number of nitrogens with zero attached hydrogens (tertiary/aromatic N) is 2. The minimum absolute atomic E-state index is 0.206. The van der Waals surface area contributed by atoms with Crippen molar-refractivity contribution in [1.29, 1.82) is 0 Å². The topological polar surface area (TPSA) is 35.6 Å². The second-order valence-corrected chi connectivity index (χ2v) is 4.34. The van der Waals surface area contributed by atoms with Gasteiger partial charge in [-0.2, -0.15) is 0 Å². The number of rotatable bonds is 4. The van der Waals surface area contributed by atoms with Gasteiger partial charge in [0.1, 0.15) is 0 Å². The van der Waals surface area contributed by atoms with E-state index in [9.17, 15) is 4.79 Å². The van der Waals surface area contributed by atoms with Gasteiger partial charge in [0.25, 0.3) is 0 Å². The normalized spacial score (nSPS) is 22.7. The third-order valence-corrected chi connectivity index (χ3v) is 3.07. The van der Waals surface area contributed by atoms with Crippen molar-refractivity contribution in [2.75, 3.05) is 40.3 Å². The van der Waals surface area contributed by atoms with Crippen molar-refractivity contribution in [3.05, 3.63) is 0 Å². The lowest BCUT2D eigenvalue weighted by Crippen LogP contribution is -2.49. The van der Waals surface area contributed by atoms with Gasteiger partial charge in [0, 0.05) is 19.6 Å². The maximum atomic E-state index is 11.8. The van der Waals surface area contributed by atoms with E-state index >= 15 is 0 Å². The summed E-state index contributed by atoms with van der Waals surface area (Å²) in [7, 11) is 4.04. The molecule has 1 N–H and O–H groups in total. The average Bonchev–Trinajstić information content (AvgIpc) is 2.24. The van der Waals surface area contributed by atoms with Crippen molar-refractivity contribution < 1.29 is 4.79 Å². The molecule has 0 aromatic rings. The minimum atomic E-state index is 0.206. The van der Waals surface area contributed by atoms with Gasteiger partial charge in [0.15, 0.2) is 0 Å². The minimum Gasteiger partial charge on any atom is -0.340 e. The molecule has 88 valence electrons. The van der Waals surface area contributed by atoms with Crippen molar-refractivity contribution in [1.82, 2.24) is 15.1 Å². The van der Waals surface area contributed by atoms with Gasteiger partial charge in [-0.1, -0.05) is 6.92 Å². The Balaban J connectivity index is 2.37. The van der Waals surface area contributed by atoms with Crippen LogP contribution in [0.2, 0.25) is 0 Å². The van der Waals surface area contributed by atoms with Crippen LogP contribution in [-0.4, -0.2) is 62.0 Å². The SMILES string of the molecule is CCNCC(=O)N(C)C1CCCN(C)C1. The molecule has 1 amide bonds. The number of amides is 1. The van der Waals surface area contributed by atoms with E-state index in [1.165, 1.54) is 6.42 Å². The molecule has 1 saturated heterocycles. The summed E-state index contributed by atoms with van der Waals surface area (Å²) in [5.41, 5.74) is 0. The summed E-state index contributed by atoms with van der Waals surface area (Å²) in [5, 5.41) is 3.07. The molecule has 1 fully saturated rings. The Hall–Kier alpha value is -0.610. The predicted molar refractivity (Wildman–Crippen MR) is 61.8 cm³/mol. The van der Waals surface area contributed by atoms with Crippen LogP contribution in [0.15, 0.2) is 0 Å². The third-order valence-electron chi connectivity index (χ3n) is 3.07. The molecule has 4 nitrogen and oxygen atoms in total. The van der Waals surface area contributed by atoms with Crippen LogP contribution in [0.3, 0.4) is 0 Å². The Labute approximate surface area is 92.6 Å². The molecule has 1 atom stereocenters. The van der Waals surface area contributed by atoms with Crippen LogP contribution in [0.5, 0.6) is 0 Å². The van der Waals surface area contributed by atoms with Crippen LogP contribution in [0, 0.1) is 0 Å². The van der Waals surface area contributed by atoms with Gasteiger partial charge in [-0.15, -0.1) is 0 Å². The van der Waals surface area contributed by atoms with Gasteiger partial charge < -0.3 is 15.1 Å². The van der Waals surface area contributed by atoms with Crippen LogP contribution < -0.4 is 5.32 Å². The maximum Gasteiger partial charge on any atom is 0.236 e. The number of likely N-dealkylation sites (tertiary alicyclic amines) is 1. The fraction of sp³-hybridized carbons (Fsp3) is 0.909. The monoisotopic (exact) mass is 213 g/mol. The summed E-state index contributed by atoms with van der Waals surface area (Å²) in [6.07, 6.45) is 2.33. The van der Waals surface area contributed by atoms with Gasteiger partial charge in [-0.3, -0.25) is 4.79 Å². The maximum absolute atomic E-state index is 11.8. The summed E-state index contributed by atoms with van der Waals surface area (Å²) in [6, 6.07) is 0.398. The molecule has 0 spiro atoms. The molecule has 1 heterocycles.